The van der Waals surface area contributed by atoms with Crippen molar-refractivity contribution in [3.8, 4) is 11.1 Å². The Morgan fingerprint density at radius 3 is 2.79 bits per heavy atom. The molecule has 0 aliphatic rings. The number of carbonyl (C=O) groups excluding carboxylic acids is 1. The third-order valence-corrected chi connectivity index (χ3v) is 3.99. The lowest BCUT2D eigenvalue weighted by atomic mass is 10.0. The van der Waals surface area contributed by atoms with E-state index in [4.69, 9.17) is 0 Å². The average Bonchev–Trinajstić information content (AvgIpc) is 2.88. The Morgan fingerprint density at radius 2 is 2.08 bits per heavy atom. The fourth-order valence-corrected chi connectivity index (χ4v) is 2.51. The van der Waals surface area contributed by atoms with E-state index in [9.17, 15) is 18.4 Å². The molecular weight excluding hydrogens is 316 g/mol. The summed E-state index contributed by atoms with van der Waals surface area (Å²) in [6.45, 7) is 2.99. The van der Waals surface area contributed by atoms with Crippen LogP contribution in [-0.4, -0.2) is 20.3 Å². The Labute approximate surface area is 136 Å². The molecule has 0 bridgehead atoms. The highest BCUT2D eigenvalue weighted by molar-refractivity contribution is 5.82. The number of nitrogens with zero attached hydrogens (tertiary/aromatic N) is 2. The van der Waals surface area contributed by atoms with Crippen molar-refractivity contribution in [2.75, 3.05) is 0 Å². The van der Waals surface area contributed by atoms with E-state index >= 15 is 0 Å². The average molecular weight is 331 g/mol. The number of halogens is 2. The van der Waals surface area contributed by atoms with Gasteiger partial charge in [0.15, 0.2) is 11.4 Å². The lowest BCUT2D eigenvalue weighted by Gasteiger charge is -2.07. The molecular formula is C17H15F2N3O2. The number of carbonyl (C=O) groups is 1. The summed E-state index contributed by atoms with van der Waals surface area (Å²) in [6, 6.07) is 4.08. The summed E-state index contributed by atoms with van der Waals surface area (Å²) in [6.07, 6.45) is 1.71. The third kappa shape index (κ3) is 2.62. The van der Waals surface area contributed by atoms with Gasteiger partial charge in [-0.3, -0.25) is 14.3 Å². The number of rotatable bonds is 4. The van der Waals surface area contributed by atoms with E-state index in [-0.39, 0.29) is 23.5 Å². The summed E-state index contributed by atoms with van der Waals surface area (Å²) in [5, 5.41) is 0. The van der Waals surface area contributed by atoms with E-state index in [1.54, 1.807) is 13.0 Å². The zero-order chi connectivity index (χ0) is 17.4. The van der Waals surface area contributed by atoms with Crippen molar-refractivity contribution in [3.05, 3.63) is 52.1 Å². The van der Waals surface area contributed by atoms with Gasteiger partial charge in [-0.2, -0.15) is 0 Å². The van der Waals surface area contributed by atoms with Crippen LogP contribution < -0.4 is 5.69 Å². The number of aromatic amines is 1. The molecule has 5 nitrogen and oxygen atoms in total. The van der Waals surface area contributed by atoms with Gasteiger partial charge in [0.25, 0.3) is 0 Å². The van der Waals surface area contributed by atoms with Crippen molar-refractivity contribution in [1.82, 2.24) is 14.5 Å². The van der Waals surface area contributed by atoms with Gasteiger partial charge in [-0.15, -0.1) is 0 Å². The first-order valence-corrected chi connectivity index (χ1v) is 7.47. The van der Waals surface area contributed by atoms with Gasteiger partial charge in [-0.1, -0.05) is 6.92 Å². The zero-order valence-corrected chi connectivity index (χ0v) is 13.2. The summed E-state index contributed by atoms with van der Waals surface area (Å²) < 4.78 is 29.0. The normalized spacial score (nSPS) is 11.2. The quantitative estimate of drug-likeness (QED) is 0.799. The van der Waals surface area contributed by atoms with Crippen LogP contribution in [0.1, 0.15) is 18.9 Å². The molecule has 2 heterocycles. The summed E-state index contributed by atoms with van der Waals surface area (Å²) in [7, 11) is 0. The number of aromatic nitrogens is 3. The fraction of sp³-hybridized carbons (Fsp3) is 0.235. The molecule has 0 saturated carbocycles. The molecule has 0 radical (unpaired) electrons. The van der Waals surface area contributed by atoms with Crippen LogP contribution in [0.3, 0.4) is 0 Å². The second kappa shape index (κ2) is 5.99. The number of H-pyrrole nitrogens is 1. The number of fused-ring (bicyclic) bond motifs is 1. The molecule has 0 saturated heterocycles. The number of hydrogen-bond acceptors (Lipinski definition) is 3. The molecule has 0 atom stereocenters. The van der Waals surface area contributed by atoms with Crippen LogP contribution in [0, 0.1) is 18.6 Å². The highest BCUT2D eigenvalue weighted by Crippen LogP contribution is 2.27. The molecule has 7 heteroatoms. The number of Topliss-reactive ketones (excluding diaryl/α,β-unsaturated/α-hetero) is 1. The van der Waals surface area contributed by atoms with Gasteiger partial charge in [0, 0.05) is 29.3 Å². The minimum absolute atomic E-state index is 0.0780. The highest BCUT2D eigenvalue weighted by atomic mass is 19.1. The van der Waals surface area contributed by atoms with Crippen molar-refractivity contribution in [1.29, 1.82) is 0 Å². The monoisotopic (exact) mass is 331 g/mol. The van der Waals surface area contributed by atoms with Crippen molar-refractivity contribution in [2.45, 2.75) is 26.8 Å². The predicted octanol–water partition coefficient (Wildman–Crippen LogP) is 2.96. The van der Waals surface area contributed by atoms with Gasteiger partial charge in [0.05, 0.1) is 12.1 Å². The van der Waals surface area contributed by atoms with Gasteiger partial charge in [0.2, 0.25) is 0 Å². The second-order valence-corrected chi connectivity index (χ2v) is 5.53. The van der Waals surface area contributed by atoms with Gasteiger partial charge < -0.3 is 0 Å². The number of benzene rings is 1. The first-order valence-electron chi connectivity index (χ1n) is 7.47. The fourth-order valence-electron chi connectivity index (χ4n) is 2.51. The van der Waals surface area contributed by atoms with E-state index in [0.29, 0.717) is 23.1 Å². The summed E-state index contributed by atoms with van der Waals surface area (Å²) in [4.78, 5) is 30.3. The maximum atomic E-state index is 14.3. The van der Waals surface area contributed by atoms with Crippen LogP contribution in [-0.2, 0) is 11.3 Å². The van der Waals surface area contributed by atoms with E-state index in [0.717, 1.165) is 0 Å². The molecule has 1 N–H and O–H groups in total. The van der Waals surface area contributed by atoms with Gasteiger partial charge in [-0.05, 0) is 25.1 Å². The first-order chi connectivity index (χ1) is 11.4. The lowest BCUT2D eigenvalue weighted by molar-refractivity contribution is -0.119. The van der Waals surface area contributed by atoms with Crippen LogP contribution in [0.5, 0.6) is 0 Å². The van der Waals surface area contributed by atoms with Gasteiger partial charge in [0.1, 0.15) is 11.6 Å². The van der Waals surface area contributed by atoms with E-state index in [1.807, 2.05) is 0 Å². The predicted molar refractivity (Wildman–Crippen MR) is 85.7 cm³/mol. The molecule has 2 aromatic heterocycles. The molecule has 0 amide bonds. The van der Waals surface area contributed by atoms with Crippen LogP contribution >= 0.6 is 0 Å². The molecule has 3 rings (SSSR count). The Bertz CT molecular complexity index is 1000. The van der Waals surface area contributed by atoms with Gasteiger partial charge >= 0.3 is 5.69 Å². The van der Waals surface area contributed by atoms with Crippen LogP contribution in [0.25, 0.3) is 22.3 Å². The third-order valence-electron chi connectivity index (χ3n) is 3.99. The smallest absolute Gasteiger partial charge is 0.298 e. The summed E-state index contributed by atoms with van der Waals surface area (Å²) in [5.41, 5.74) is 0.769. The van der Waals surface area contributed by atoms with Crippen LogP contribution in [0.4, 0.5) is 8.78 Å². The molecule has 0 fully saturated rings. The minimum atomic E-state index is -0.676. The Balaban J connectivity index is 2.18. The largest absolute Gasteiger partial charge is 0.328 e. The molecule has 0 aliphatic heterocycles. The molecule has 0 unspecified atom stereocenters. The zero-order valence-electron chi connectivity index (χ0n) is 13.2. The highest BCUT2D eigenvalue weighted by Gasteiger charge is 2.15. The molecule has 0 spiro atoms. The number of imidazole rings is 1. The topological polar surface area (TPSA) is 67.8 Å². The summed E-state index contributed by atoms with van der Waals surface area (Å²) >= 11 is 0. The maximum Gasteiger partial charge on any atom is 0.328 e. The Hall–Kier alpha value is -2.83. The van der Waals surface area contributed by atoms with Crippen molar-refractivity contribution in [3.63, 3.8) is 0 Å². The maximum absolute atomic E-state index is 14.3. The van der Waals surface area contributed by atoms with Crippen molar-refractivity contribution < 1.29 is 13.6 Å². The first kappa shape index (κ1) is 16.0. The number of pyridine rings is 1. The van der Waals surface area contributed by atoms with E-state index in [1.165, 1.54) is 29.8 Å². The van der Waals surface area contributed by atoms with Crippen molar-refractivity contribution in [2.24, 2.45) is 0 Å². The van der Waals surface area contributed by atoms with Gasteiger partial charge in [-0.25, -0.2) is 18.6 Å². The number of ketones is 1. The van der Waals surface area contributed by atoms with E-state index < -0.39 is 17.3 Å². The second-order valence-electron chi connectivity index (χ2n) is 5.53. The van der Waals surface area contributed by atoms with Crippen LogP contribution in [0.2, 0.25) is 0 Å². The number of hydrogen-bond donors (Lipinski definition) is 1. The molecule has 0 aliphatic carbocycles. The van der Waals surface area contributed by atoms with Crippen molar-refractivity contribution >= 4 is 16.9 Å². The SMILES string of the molecule is CCC(=O)Cn1c(=O)[nH]c2ncc(-c3ccc(F)c(C)c3F)cc21. The molecule has 124 valence electrons. The lowest BCUT2D eigenvalue weighted by Crippen LogP contribution is -2.21. The standard InChI is InChI=1S/C17H15F2N3O2/c1-3-11(23)8-22-14-6-10(7-20-16(14)21-17(22)24)12-4-5-13(18)9(2)15(12)19/h4-7H,3,8H2,1-2H3,(H,20,21,24). The van der Waals surface area contributed by atoms with E-state index in [2.05, 4.69) is 9.97 Å². The molecule has 3 aromatic rings. The molecule has 24 heavy (non-hydrogen) atoms. The molecule has 1 aromatic carbocycles. The number of nitrogens with one attached hydrogen (secondary N) is 1. The summed E-state index contributed by atoms with van der Waals surface area (Å²) in [5.74, 6) is -1.41. The van der Waals surface area contributed by atoms with Crippen LogP contribution in [0.15, 0.2) is 29.2 Å². The Kier molecular flexibility index (Phi) is 4.01. The minimum Gasteiger partial charge on any atom is -0.298 e. The Morgan fingerprint density at radius 1 is 1.33 bits per heavy atom.